The number of aliphatic hydroxyl groups is 1. The molecule has 0 radical (unpaired) electrons. The minimum Gasteiger partial charge on any atom is -0.491 e. The average molecular weight is 418 g/mol. The van der Waals surface area contributed by atoms with Gasteiger partial charge in [-0.1, -0.05) is 30.5 Å². The predicted octanol–water partition coefficient (Wildman–Crippen LogP) is 3.98. The van der Waals surface area contributed by atoms with Crippen molar-refractivity contribution in [3.05, 3.63) is 58.9 Å². The minimum absolute atomic E-state index is 0.287. The Balaban J connectivity index is 1.54. The smallest absolute Gasteiger partial charge is 0.124 e. The third kappa shape index (κ3) is 7.59. The molecule has 158 valence electrons. The molecule has 1 aromatic heterocycles. The highest BCUT2D eigenvalue weighted by Crippen LogP contribution is 2.25. The largest absolute Gasteiger partial charge is 0.491 e. The van der Waals surface area contributed by atoms with E-state index in [9.17, 15) is 5.11 Å². The fraction of sp³-hybridized carbons (Fsp3) is 0.522. The van der Waals surface area contributed by atoms with Crippen LogP contribution in [0.4, 0.5) is 0 Å². The molecule has 1 fully saturated rings. The predicted molar refractivity (Wildman–Crippen MR) is 117 cm³/mol. The van der Waals surface area contributed by atoms with Crippen molar-refractivity contribution in [2.24, 2.45) is 0 Å². The van der Waals surface area contributed by atoms with Crippen LogP contribution in [0.2, 0.25) is 5.02 Å². The number of hydrogen-bond acceptors (Lipinski definition) is 5. The number of halogens is 1. The van der Waals surface area contributed by atoms with Gasteiger partial charge in [0.05, 0.1) is 5.69 Å². The standard InChI is InChI=1S/C23H32ClN3O2/c1-26(16-21-8-4-5-11-25-21)15-19-14-20(24)9-10-23(19)29-18-22(28)17-27-12-6-2-3-7-13-27/h4-5,8-11,14,22,28H,2-3,6-7,12-13,15-18H2,1H3. The number of ether oxygens (including phenoxy) is 1. The SMILES string of the molecule is CN(Cc1ccccn1)Cc1cc(Cl)ccc1OCC(O)CN1CCCCCC1. The summed E-state index contributed by atoms with van der Waals surface area (Å²) in [5.74, 6) is 0.775. The molecule has 1 unspecified atom stereocenters. The molecule has 0 spiro atoms. The Morgan fingerprint density at radius 3 is 2.66 bits per heavy atom. The molecule has 1 saturated heterocycles. The lowest BCUT2D eigenvalue weighted by molar-refractivity contribution is 0.0687. The van der Waals surface area contributed by atoms with Crippen molar-refractivity contribution in [3.8, 4) is 5.75 Å². The van der Waals surface area contributed by atoms with Gasteiger partial charge in [-0.3, -0.25) is 9.88 Å². The van der Waals surface area contributed by atoms with Gasteiger partial charge in [-0.2, -0.15) is 0 Å². The van der Waals surface area contributed by atoms with Crippen LogP contribution in [0.25, 0.3) is 0 Å². The number of hydrogen-bond donors (Lipinski definition) is 1. The Kier molecular flexibility index (Phi) is 8.74. The Hall–Kier alpha value is -1.66. The Bertz CT molecular complexity index is 736. The highest BCUT2D eigenvalue weighted by atomic mass is 35.5. The van der Waals surface area contributed by atoms with Gasteiger partial charge < -0.3 is 14.7 Å². The second-order valence-electron chi connectivity index (χ2n) is 7.93. The van der Waals surface area contributed by atoms with Crippen LogP contribution in [-0.2, 0) is 13.1 Å². The average Bonchev–Trinajstić information content (AvgIpc) is 2.97. The van der Waals surface area contributed by atoms with Crippen LogP contribution >= 0.6 is 11.6 Å². The third-order valence-electron chi connectivity index (χ3n) is 5.22. The van der Waals surface area contributed by atoms with Crippen LogP contribution in [0.3, 0.4) is 0 Å². The Labute approximate surface area is 179 Å². The quantitative estimate of drug-likeness (QED) is 0.668. The van der Waals surface area contributed by atoms with Gasteiger partial charge in [-0.05, 0) is 63.3 Å². The van der Waals surface area contributed by atoms with E-state index in [4.69, 9.17) is 16.3 Å². The number of aliphatic hydroxyl groups excluding tert-OH is 1. The van der Waals surface area contributed by atoms with Crippen molar-refractivity contribution in [1.29, 1.82) is 0 Å². The van der Waals surface area contributed by atoms with Crippen molar-refractivity contribution >= 4 is 11.6 Å². The van der Waals surface area contributed by atoms with E-state index in [1.807, 2.05) is 49.6 Å². The molecule has 6 heteroatoms. The monoisotopic (exact) mass is 417 g/mol. The highest BCUT2D eigenvalue weighted by Gasteiger charge is 2.16. The van der Waals surface area contributed by atoms with E-state index in [1.54, 1.807) is 0 Å². The molecule has 1 N–H and O–H groups in total. The van der Waals surface area contributed by atoms with Crippen LogP contribution in [0.5, 0.6) is 5.75 Å². The van der Waals surface area contributed by atoms with Crippen molar-refractivity contribution in [2.75, 3.05) is 33.3 Å². The molecule has 3 rings (SSSR count). The van der Waals surface area contributed by atoms with Crippen LogP contribution in [0.15, 0.2) is 42.6 Å². The van der Waals surface area contributed by atoms with Crippen molar-refractivity contribution in [3.63, 3.8) is 0 Å². The first-order valence-electron chi connectivity index (χ1n) is 10.5. The number of pyridine rings is 1. The maximum absolute atomic E-state index is 10.5. The maximum Gasteiger partial charge on any atom is 0.124 e. The van der Waals surface area contributed by atoms with Crippen molar-refractivity contribution in [2.45, 2.75) is 44.9 Å². The topological polar surface area (TPSA) is 48.8 Å². The van der Waals surface area contributed by atoms with E-state index in [-0.39, 0.29) is 6.61 Å². The zero-order valence-electron chi connectivity index (χ0n) is 17.3. The first kappa shape index (κ1) is 22.0. The molecule has 0 aliphatic carbocycles. The molecule has 1 aromatic carbocycles. The molecule has 1 aliphatic heterocycles. The third-order valence-corrected chi connectivity index (χ3v) is 5.45. The number of likely N-dealkylation sites (tertiary alicyclic amines) is 1. The lowest BCUT2D eigenvalue weighted by atomic mass is 10.2. The fourth-order valence-electron chi connectivity index (χ4n) is 3.78. The summed E-state index contributed by atoms with van der Waals surface area (Å²) in [7, 11) is 2.05. The summed E-state index contributed by atoms with van der Waals surface area (Å²) in [5, 5.41) is 11.1. The normalized spacial score (nSPS) is 16.6. The molecule has 0 amide bonds. The number of nitrogens with zero attached hydrogens (tertiary/aromatic N) is 3. The summed E-state index contributed by atoms with van der Waals surface area (Å²) in [6.45, 7) is 4.53. The van der Waals surface area contributed by atoms with Crippen LogP contribution in [-0.4, -0.2) is 59.3 Å². The van der Waals surface area contributed by atoms with Crippen LogP contribution in [0.1, 0.15) is 36.9 Å². The molecule has 2 heterocycles. The first-order valence-corrected chi connectivity index (χ1v) is 10.9. The van der Waals surface area contributed by atoms with Gasteiger partial charge in [-0.25, -0.2) is 0 Å². The van der Waals surface area contributed by atoms with Gasteiger partial charge in [0.25, 0.3) is 0 Å². The van der Waals surface area contributed by atoms with Crippen LogP contribution < -0.4 is 4.74 Å². The molecule has 2 aromatic rings. The summed E-state index contributed by atoms with van der Waals surface area (Å²) < 4.78 is 6.00. The molecule has 1 aliphatic rings. The molecule has 0 bridgehead atoms. The van der Waals surface area contributed by atoms with E-state index >= 15 is 0 Å². The molecular formula is C23H32ClN3O2. The molecular weight excluding hydrogens is 386 g/mol. The molecule has 29 heavy (non-hydrogen) atoms. The van der Waals surface area contributed by atoms with E-state index in [1.165, 1.54) is 25.7 Å². The maximum atomic E-state index is 10.5. The van der Waals surface area contributed by atoms with Gasteiger partial charge >= 0.3 is 0 Å². The second-order valence-corrected chi connectivity index (χ2v) is 8.36. The zero-order chi connectivity index (χ0) is 20.5. The minimum atomic E-state index is -0.497. The van der Waals surface area contributed by atoms with Gasteiger partial charge in [-0.15, -0.1) is 0 Å². The van der Waals surface area contributed by atoms with Crippen LogP contribution in [0, 0.1) is 0 Å². The molecule has 1 atom stereocenters. The van der Waals surface area contributed by atoms with E-state index in [2.05, 4.69) is 14.8 Å². The Morgan fingerprint density at radius 1 is 1.14 bits per heavy atom. The molecule has 0 saturated carbocycles. The molecule has 5 nitrogen and oxygen atoms in total. The van der Waals surface area contributed by atoms with E-state index in [0.29, 0.717) is 18.1 Å². The number of β-amino-alcohol motifs (C(OH)–C–C–N with tert-alkyl or cyclic N) is 1. The van der Waals surface area contributed by atoms with Crippen molar-refractivity contribution < 1.29 is 9.84 Å². The van der Waals surface area contributed by atoms with E-state index in [0.717, 1.165) is 36.6 Å². The fourth-order valence-corrected chi connectivity index (χ4v) is 3.98. The van der Waals surface area contributed by atoms with Gasteiger partial charge in [0.2, 0.25) is 0 Å². The summed E-state index contributed by atoms with van der Waals surface area (Å²) in [5.41, 5.74) is 2.03. The van der Waals surface area contributed by atoms with Gasteiger partial charge in [0, 0.05) is 36.4 Å². The summed E-state index contributed by atoms with van der Waals surface area (Å²) in [6.07, 6.45) is 6.34. The van der Waals surface area contributed by atoms with E-state index < -0.39 is 6.10 Å². The number of benzene rings is 1. The van der Waals surface area contributed by atoms with Gasteiger partial charge in [0.15, 0.2) is 0 Å². The second kappa shape index (κ2) is 11.5. The highest BCUT2D eigenvalue weighted by molar-refractivity contribution is 6.30. The summed E-state index contributed by atoms with van der Waals surface area (Å²) in [4.78, 5) is 8.91. The summed E-state index contributed by atoms with van der Waals surface area (Å²) in [6, 6.07) is 11.6. The zero-order valence-corrected chi connectivity index (χ0v) is 18.0. The summed E-state index contributed by atoms with van der Waals surface area (Å²) >= 11 is 6.22. The van der Waals surface area contributed by atoms with Crippen molar-refractivity contribution in [1.82, 2.24) is 14.8 Å². The Morgan fingerprint density at radius 2 is 1.93 bits per heavy atom. The van der Waals surface area contributed by atoms with Gasteiger partial charge in [0.1, 0.15) is 18.5 Å². The number of rotatable bonds is 9. The first-order chi connectivity index (χ1) is 14.1. The lowest BCUT2D eigenvalue weighted by Crippen LogP contribution is -2.36. The lowest BCUT2D eigenvalue weighted by Gasteiger charge is -2.24. The number of aromatic nitrogens is 1.